The summed E-state index contributed by atoms with van der Waals surface area (Å²) in [6.45, 7) is 5.32. The topological polar surface area (TPSA) is 88.9 Å². The predicted molar refractivity (Wildman–Crippen MR) is 130 cm³/mol. The first-order chi connectivity index (χ1) is 16.7. The van der Waals surface area contributed by atoms with Crippen molar-refractivity contribution in [2.75, 3.05) is 13.2 Å². The number of tetrazole rings is 1. The van der Waals surface area contributed by atoms with Crippen LogP contribution in [0.25, 0.3) is 10.9 Å². The summed E-state index contributed by atoms with van der Waals surface area (Å²) in [7, 11) is 0. The standard InChI is InChI=1S/C26H30N6O2/c1-19-7-5-10-21-15-22(26(33)27-25(19)21)16-31(13-12-20-8-3-2-4-9-20)18-24-28-29-30-32(24)17-23-11-6-14-34-23/h2-5,7-10,15,23H,6,11-14,16-18H2,1H3,(H,27,33). The van der Waals surface area contributed by atoms with Gasteiger partial charge in [-0.25, -0.2) is 4.68 Å². The highest BCUT2D eigenvalue weighted by atomic mass is 16.5. The Labute approximate surface area is 198 Å². The minimum absolute atomic E-state index is 0.0505. The van der Waals surface area contributed by atoms with Gasteiger partial charge in [0.15, 0.2) is 5.82 Å². The number of ether oxygens (including phenoxy) is 1. The van der Waals surface area contributed by atoms with Crippen LogP contribution < -0.4 is 5.56 Å². The fourth-order valence-corrected chi connectivity index (χ4v) is 4.59. The Hall–Kier alpha value is -3.36. The number of fused-ring (bicyclic) bond motifs is 1. The lowest BCUT2D eigenvalue weighted by Gasteiger charge is -2.22. The first-order valence-electron chi connectivity index (χ1n) is 11.9. The summed E-state index contributed by atoms with van der Waals surface area (Å²) in [4.78, 5) is 18.3. The minimum atomic E-state index is -0.0505. The molecule has 4 aromatic rings. The second kappa shape index (κ2) is 10.3. The summed E-state index contributed by atoms with van der Waals surface area (Å²) in [5.41, 5.74) is 3.91. The van der Waals surface area contributed by atoms with Crippen LogP contribution in [0.1, 0.15) is 35.4 Å². The van der Waals surface area contributed by atoms with Gasteiger partial charge in [0.25, 0.3) is 5.56 Å². The van der Waals surface area contributed by atoms with Gasteiger partial charge in [-0.2, -0.15) is 0 Å². The number of H-pyrrole nitrogens is 1. The van der Waals surface area contributed by atoms with Gasteiger partial charge in [0.2, 0.25) is 0 Å². The molecule has 1 N–H and O–H groups in total. The average Bonchev–Trinajstić information content (AvgIpc) is 3.52. The fourth-order valence-electron chi connectivity index (χ4n) is 4.59. The Kier molecular flexibility index (Phi) is 6.78. The molecule has 0 bridgehead atoms. The van der Waals surface area contributed by atoms with E-state index in [9.17, 15) is 4.79 Å². The molecule has 8 nitrogen and oxygen atoms in total. The molecule has 1 aliphatic heterocycles. The van der Waals surface area contributed by atoms with Crippen LogP contribution in [0.3, 0.4) is 0 Å². The third-order valence-corrected chi connectivity index (χ3v) is 6.49. The van der Waals surface area contributed by atoms with Gasteiger partial charge in [-0.1, -0.05) is 48.5 Å². The third-order valence-electron chi connectivity index (χ3n) is 6.49. The molecule has 0 spiro atoms. The zero-order valence-corrected chi connectivity index (χ0v) is 19.5. The second-order valence-electron chi connectivity index (χ2n) is 9.02. The normalized spacial score (nSPS) is 16.0. The van der Waals surface area contributed by atoms with Crippen molar-refractivity contribution in [3.8, 4) is 0 Å². The van der Waals surface area contributed by atoms with Gasteiger partial charge in [0.05, 0.1) is 24.7 Å². The lowest BCUT2D eigenvalue weighted by Crippen LogP contribution is -2.30. The summed E-state index contributed by atoms with van der Waals surface area (Å²) in [6, 6.07) is 18.5. The van der Waals surface area contributed by atoms with E-state index in [-0.39, 0.29) is 11.7 Å². The monoisotopic (exact) mass is 458 g/mol. The first-order valence-corrected chi connectivity index (χ1v) is 11.9. The van der Waals surface area contributed by atoms with Gasteiger partial charge in [-0.05, 0) is 59.2 Å². The molecule has 1 fully saturated rings. The molecule has 1 unspecified atom stereocenters. The van der Waals surface area contributed by atoms with Gasteiger partial charge in [-0.15, -0.1) is 5.10 Å². The van der Waals surface area contributed by atoms with Crippen molar-refractivity contribution in [3.63, 3.8) is 0 Å². The zero-order chi connectivity index (χ0) is 23.3. The van der Waals surface area contributed by atoms with Crippen LogP contribution in [0, 0.1) is 6.92 Å². The Morgan fingerprint density at radius 3 is 2.85 bits per heavy atom. The molecule has 1 atom stereocenters. The van der Waals surface area contributed by atoms with Crippen LogP contribution in [0.4, 0.5) is 0 Å². The van der Waals surface area contributed by atoms with Gasteiger partial charge in [-0.3, -0.25) is 9.69 Å². The van der Waals surface area contributed by atoms with Gasteiger partial charge in [0.1, 0.15) is 0 Å². The molecule has 3 heterocycles. The number of aromatic nitrogens is 5. The molecule has 0 radical (unpaired) electrons. The molecule has 34 heavy (non-hydrogen) atoms. The largest absolute Gasteiger partial charge is 0.376 e. The Bertz CT molecular complexity index is 1290. The number of nitrogens with one attached hydrogen (secondary N) is 1. The molecule has 0 aliphatic carbocycles. The number of aromatic amines is 1. The maximum absolute atomic E-state index is 13.0. The van der Waals surface area contributed by atoms with E-state index in [1.165, 1.54) is 5.56 Å². The summed E-state index contributed by atoms with van der Waals surface area (Å²) in [6.07, 6.45) is 3.14. The van der Waals surface area contributed by atoms with Crippen molar-refractivity contribution >= 4 is 10.9 Å². The average molecular weight is 459 g/mol. The molecule has 0 saturated carbocycles. The molecule has 1 aliphatic rings. The van der Waals surface area contributed by atoms with Crippen molar-refractivity contribution in [1.29, 1.82) is 0 Å². The van der Waals surface area contributed by atoms with Crippen molar-refractivity contribution in [2.45, 2.75) is 51.9 Å². The molecular formula is C26H30N6O2. The van der Waals surface area contributed by atoms with E-state index in [4.69, 9.17) is 4.74 Å². The molecule has 2 aromatic carbocycles. The van der Waals surface area contributed by atoms with E-state index in [0.717, 1.165) is 60.3 Å². The van der Waals surface area contributed by atoms with Crippen molar-refractivity contribution in [1.82, 2.24) is 30.1 Å². The summed E-state index contributed by atoms with van der Waals surface area (Å²) < 4.78 is 7.62. The molecule has 176 valence electrons. The summed E-state index contributed by atoms with van der Waals surface area (Å²) in [5, 5.41) is 13.5. The zero-order valence-electron chi connectivity index (χ0n) is 19.5. The van der Waals surface area contributed by atoms with Crippen LogP contribution in [0.15, 0.2) is 59.4 Å². The summed E-state index contributed by atoms with van der Waals surface area (Å²) >= 11 is 0. The van der Waals surface area contributed by atoms with Crippen molar-refractivity contribution in [2.24, 2.45) is 0 Å². The number of para-hydroxylation sites is 1. The number of nitrogens with zero attached hydrogens (tertiary/aromatic N) is 5. The van der Waals surface area contributed by atoms with Gasteiger partial charge in [0, 0.05) is 25.3 Å². The van der Waals surface area contributed by atoms with Crippen molar-refractivity contribution < 1.29 is 4.74 Å². The molecule has 0 amide bonds. The maximum Gasteiger partial charge on any atom is 0.252 e. The number of pyridine rings is 1. The Balaban J connectivity index is 1.38. The van der Waals surface area contributed by atoms with E-state index < -0.39 is 0 Å². The lowest BCUT2D eigenvalue weighted by molar-refractivity contribution is 0.0916. The maximum atomic E-state index is 13.0. The number of rotatable bonds is 9. The third kappa shape index (κ3) is 5.24. The minimum Gasteiger partial charge on any atom is -0.376 e. The Morgan fingerprint density at radius 2 is 2.03 bits per heavy atom. The van der Waals surface area contributed by atoms with Crippen LogP contribution in [0.2, 0.25) is 0 Å². The second-order valence-corrected chi connectivity index (χ2v) is 9.02. The number of benzene rings is 2. The van der Waals surface area contributed by atoms with E-state index >= 15 is 0 Å². The van der Waals surface area contributed by atoms with Crippen molar-refractivity contribution in [3.05, 3.63) is 87.5 Å². The van der Waals surface area contributed by atoms with Gasteiger partial charge >= 0.3 is 0 Å². The quantitative estimate of drug-likeness (QED) is 0.414. The van der Waals surface area contributed by atoms with E-state index in [1.54, 1.807) is 0 Å². The van der Waals surface area contributed by atoms with Crippen LogP contribution >= 0.6 is 0 Å². The smallest absolute Gasteiger partial charge is 0.252 e. The van der Waals surface area contributed by atoms with E-state index in [0.29, 0.717) is 19.6 Å². The SMILES string of the molecule is Cc1cccc2cc(CN(CCc3ccccc3)Cc3nnnn3CC3CCCO3)c(=O)[nH]c12. The first kappa shape index (κ1) is 22.4. The number of aryl methyl sites for hydroxylation is 1. The fraction of sp³-hybridized carbons (Fsp3) is 0.385. The lowest BCUT2D eigenvalue weighted by atomic mass is 10.1. The van der Waals surface area contributed by atoms with Gasteiger partial charge < -0.3 is 9.72 Å². The highest BCUT2D eigenvalue weighted by Gasteiger charge is 2.20. The Morgan fingerprint density at radius 1 is 1.15 bits per heavy atom. The highest BCUT2D eigenvalue weighted by Crippen LogP contribution is 2.18. The van der Waals surface area contributed by atoms with E-state index in [1.807, 2.05) is 41.9 Å². The van der Waals surface area contributed by atoms with E-state index in [2.05, 4.69) is 49.7 Å². The number of hydrogen-bond donors (Lipinski definition) is 1. The molecular weight excluding hydrogens is 428 g/mol. The predicted octanol–water partition coefficient (Wildman–Crippen LogP) is 3.25. The molecule has 2 aromatic heterocycles. The number of hydrogen-bond acceptors (Lipinski definition) is 6. The van der Waals surface area contributed by atoms with Crippen LogP contribution in [-0.4, -0.2) is 49.3 Å². The highest BCUT2D eigenvalue weighted by molar-refractivity contribution is 5.81. The molecule has 8 heteroatoms. The summed E-state index contributed by atoms with van der Waals surface area (Å²) in [5.74, 6) is 0.789. The molecule has 5 rings (SSSR count). The van der Waals surface area contributed by atoms with Crippen LogP contribution in [-0.2, 0) is 30.8 Å². The van der Waals surface area contributed by atoms with Crippen LogP contribution in [0.5, 0.6) is 0 Å². The molecule has 1 saturated heterocycles.